The average molecular weight is 316 g/mol. The van der Waals surface area contributed by atoms with E-state index in [2.05, 4.69) is 6.07 Å². The molecule has 0 N–H and O–H groups in total. The number of fused-ring (bicyclic) bond motifs is 1. The number of nitrogens with zero attached hydrogens (tertiary/aromatic N) is 1. The molecule has 3 rings (SSSR count). The Morgan fingerprint density at radius 1 is 1.23 bits per heavy atom. The Kier molecular flexibility index (Phi) is 4.34. The molecule has 0 saturated carbocycles. The zero-order valence-electron chi connectivity index (χ0n) is 12.5. The Bertz CT molecular complexity index is 669. The van der Waals surface area contributed by atoms with Crippen molar-refractivity contribution in [2.75, 3.05) is 11.4 Å². The number of rotatable bonds is 4. The van der Waals surface area contributed by atoms with Crippen molar-refractivity contribution >= 4 is 23.2 Å². The first-order valence-corrected chi connectivity index (χ1v) is 7.88. The van der Waals surface area contributed by atoms with Gasteiger partial charge in [-0.3, -0.25) is 4.79 Å². The van der Waals surface area contributed by atoms with Gasteiger partial charge >= 0.3 is 0 Å². The van der Waals surface area contributed by atoms with E-state index in [1.165, 1.54) is 5.56 Å². The minimum atomic E-state index is -0.479. The fourth-order valence-corrected chi connectivity index (χ4v) is 2.85. The maximum absolute atomic E-state index is 12.8. The molecular formula is C18H18ClNO2. The Morgan fingerprint density at radius 2 is 1.95 bits per heavy atom. The van der Waals surface area contributed by atoms with Gasteiger partial charge in [0.1, 0.15) is 5.75 Å². The van der Waals surface area contributed by atoms with Crippen LogP contribution in [0.5, 0.6) is 5.75 Å². The van der Waals surface area contributed by atoms with Crippen LogP contribution in [-0.4, -0.2) is 18.6 Å². The molecule has 1 aliphatic heterocycles. The highest BCUT2D eigenvalue weighted by molar-refractivity contribution is 6.30. The van der Waals surface area contributed by atoms with Gasteiger partial charge in [0.25, 0.3) is 5.91 Å². The SMILES string of the molecule is CCC(Oc1ccc(Cl)cc1)C(=O)N1CCc2ccccc21. The molecule has 0 saturated heterocycles. The maximum atomic E-state index is 12.8. The van der Waals surface area contributed by atoms with Crippen LogP contribution in [0, 0.1) is 0 Å². The largest absolute Gasteiger partial charge is 0.481 e. The van der Waals surface area contributed by atoms with Gasteiger partial charge in [0.2, 0.25) is 0 Å². The van der Waals surface area contributed by atoms with E-state index in [-0.39, 0.29) is 5.91 Å². The van der Waals surface area contributed by atoms with E-state index >= 15 is 0 Å². The lowest BCUT2D eigenvalue weighted by Gasteiger charge is -2.24. The number of ether oxygens (including phenoxy) is 1. The quantitative estimate of drug-likeness (QED) is 0.850. The number of hydrogen-bond donors (Lipinski definition) is 0. The Hall–Kier alpha value is -2.00. The first-order valence-electron chi connectivity index (χ1n) is 7.50. The van der Waals surface area contributed by atoms with Crippen molar-refractivity contribution in [3.8, 4) is 5.75 Å². The molecule has 0 radical (unpaired) electrons. The van der Waals surface area contributed by atoms with Gasteiger partial charge in [-0.2, -0.15) is 0 Å². The predicted molar refractivity (Wildman–Crippen MR) is 88.7 cm³/mol. The molecule has 0 aliphatic carbocycles. The molecule has 1 atom stereocenters. The second kappa shape index (κ2) is 6.41. The molecule has 1 amide bonds. The molecule has 0 spiro atoms. The summed E-state index contributed by atoms with van der Waals surface area (Å²) in [5.74, 6) is 0.680. The smallest absolute Gasteiger partial charge is 0.268 e. The topological polar surface area (TPSA) is 29.5 Å². The summed E-state index contributed by atoms with van der Waals surface area (Å²) >= 11 is 5.87. The van der Waals surface area contributed by atoms with Crippen molar-refractivity contribution in [1.29, 1.82) is 0 Å². The normalized spacial score (nSPS) is 14.5. The van der Waals surface area contributed by atoms with E-state index in [0.717, 1.165) is 18.7 Å². The summed E-state index contributed by atoms with van der Waals surface area (Å²) < 4.78 is 5.86. The average Bonchev–Trinajstić information content (AvgIpc) is 2.98. The van der Waals surface area contributed by atoms with Crippen molar-refractivity contribution < 1.29 is 9.53 Å². The van der Waals surface area contributed by atoms with Crippen LogP contribution in [-0.2, 0) is 11.2 Å². The summed E-state index contributed by atoms with van der Waals surface area (Å²) in [5.41, 5.74) is 2.22. The van der Waals surface area contributed by atoms with Crippen molar-refractivity contribution in [3.63, 3.8) is 0 Å². The number of amides is 1. The molecule has 114 valence electrons. The van der Waals surface area contributed by atoms with Gasteiger partial charge in [0.15, 0.2) is 6.10 Å². The number of carbonyl (C=O) groups is 1. The van der Waals surface area contributed by atoms with Crippen LogP contribution in [0.4, 0.5) is 5.69 Å². The van der Waals surface area contributed by atoms with Crippen molar-refractivity contribution in [2.45, 2.75) is 25.9 Å². The van der Waals surface area contributed by atoms with Crippen LogP contribution in [0.3, 0.4) is 0 Å². The molecule has 0 fully saturated rings. The van der Waals surface area contributed by atoms with Gasteiger partial charge < -0.3 is 9.64 Å². The number of benzene rings is 2. The third-order valence-corrected chi connectivity index (χ3v) is 4.14. The number of hydrogen-bond acceptors (Lipinski definition) is 2. The summed E-state index contributed by atoms with van der Waals surface area (Å²) in [6, 6.07) is 15.1. The fraction of sp³-hybridized carbons (Fsp3) is 0.278. The lowest BCUT2D eigenvalue weighted by molar-refractivity contribution is -0.125. The van der Waals surface area contributed by atoms with Gasteiger partial charge in [-0.15, -0.1) is 0 Å². The van der Waals surface area contributed by atoms with E-state index < -0.39 is 6.10 Å². The number of halogens is 1. The number of carbonyl (C=O) groups excluding carboxylic acids is 1. The molecule has 1 heterocycles. The Labute approximate surface area is 135 Å². The minimum absolute atomic E-state index is 0.0161. The molecule has 2 aromatic carbocycles. The van der Waals surface area contributed by atoms with Gasteiger partial charge in [-0.1, -0.05) is 36.7 Å². The third-order valence-electron chi connectivity index (χ3n) is 3.89. The molecule has 0 aromatic heterocycles. The molecule has 1 unspecified atom stereocenters. The third kappa shape index (κ3) is 2.95. The van der Waals surface area contributed by atoms with Crippen molar-refractivity contribution in [1.82, 2.24) is 0 Å². The first kappa shape index (κ1) is 14.9. The van der Waals surface area contributed by atoms with Gasteiger partial charge in [0, 0.05) is 17.3 Å². The molecule has 3 nitrogen and oxygen atoms in total. The van der Waals surface area contributed by atoms with Crippen LogP contribution in [0.2, 0.25) is 5.02 Å². The minimum Gasteiger partial charge on any atom is -0.481 e. The van der Waals surface area contributed by atoms with Crippen LogP contribution < -0.4 is 9.64 Å². The van der Waals surface area contributed by atoms with E-state index in [1.54, 1.807) is 24.3 Å². The van der Waals surface area contributed by atoms with Crippen LogP contribution in [0.25, 0.3) is 0 Å². The van der Waals surface area contributed by atoms with E-state index in [9.17, 15) is 4.79 Å². The highest BCUT2D eigenvalue weighted by Crippen LogP contribution is 2.29. The van der Waals surface area contributed by atoms with Gasteiger partial charge in [-0.25, -0.2) is 0 Å². The molecule has 22 heavy (non-hydrogen) atoms. The summed E-state index contributed by atoms with van der Waals surface area (Å²) in [5, 5.41) is 0.653. The van der Waals surface area contributed by atoms with E-state index in [4.69, 9.17) is 16.3 Å². The fourth-order valence-electron chi connectivity index (χ4n) is 2.73. The van der Waals surface area contributed by atoms with Crippen molar-refractivity contribution in [2.24, 2.45) is 0 Å². The number of para-hydroxylation sites is 1. The summed E-state index contributed by atoms with van der Waals surface area (Å²) in [7, 11) is 0. The van der Waals surface area contributed by atoms with Gasteiger partial charge in [0.05, 0.1) is 0 Å². The van der Waals surface area contributed by atoms with Crippen LogP contribution in [0.15, 0.2) is 48.5 Å². The second-order valence-electron chi connectivity index (χ2n) is 5.34. The molecule has 0 bridgehead atoms. The predicted octanol–water partition coefficient (Wildman–Crippen LogP) is 4.09. The first-order chi connectivity index (χ1) is 10.7. The van der Waals surface area contributed by atoms with Crippen LogP contribution in [0.1, 0.15) is 18.9 Å². The standard InChI is InChI=1S/C18H18ClNO2/c1-2-17(22-15-9-7-14(19)8-10-15)18(21)20-12-11-13-5-3-4-6-16(13)20/h3-10,17H,2,11-12H2,1H3. The monoisotopic (exact) mass is 315 g/mol. The lowest BCUT2D eigenvalue weighted by Crippen LogP contribution is -2.41. The zero-order valence-corrected chi connectivity index (χ0v) is 13.2. The van der Waals surface area contributed by atoms with E-state index in [1.807, 2.05) is 30.0 Å². The molecule has 4 heteroatoms. The molecule has 1 aliphatic rings. The molecular weight excluding hydrogens is 298 g/mol. The summed E-state index contributed by atoms with van der Waals surface area (Å²) in [6.07, 6.45) is 1.05. The second-order valence-corrected chi connectivity index (χ2v) is 5.77. The maximum Gasteiger partial charge on any atom is 0.268 e. The summed E-state index contributed by atoms with van der Waals surface area (Å²) in [4.78, 5) is 14.6. The highest BCUT2D eigenvalue weighted by atomic mass is 35.5. The summed E-state index contributed by atoms with van der Waals surface area (Å²) in [6.45, 7) is 2.68. The Morgan fingerprint density at radius 3 is 2.68 bits per heavy atom. The van der Waals surface area contributed by atoms with Crippen LogP contribution >= 0.6 is 11.6 Å². The number of anilines is 1. The zero-order chi connectivity index (χ0) is 15.5. The Balaban J connectivity index is 1.76. The molecule has 2 aromatic rings. The lowest BCUT2D eigenvalue weighted by atomic mass is 10.2. The van der Waals surface area contributed by atoms with Gasteiger partial charge in [-0.05, 0) is 48.7 Å². The highest BCUT2D eigenvalue weighted by Gasteiger charge is 2.30. The van der Waals surface area contributed by atoms with E-state index in [0.29, 0.717) is 17.2 Å². The van der Waals surface area contributed by atoms with Crippen molar-refractivity contribution in [3.05, 3.63) is 59.1 Å².